The molecule has 0 N–H and O–H groups in total. The molecule has 27 heavy (non-hydrogen) atoms. The van der Waals surface area contributed by atoms with Crippen LogP contribution >= 0.6 is 0 Å². The van der Waals surface area contributed by atoms with E-state index in [1.165, 1.54) is 48.5 Å². The van der Waals surface area contributed by atoms with Crippen molar-refractivity contribution < 1.29 is 28.9 Å². The van der Waals surface area contributed by atoms with Crippen molar-refractivity contribution in [3.05, 3.63) is 68.8 Å². The first kappa shape index (κ1) is 19.5. The second-order valence-electron chi connectivity index (χ2n) is 5.25. The molecule has 0 saturated heterocycles. The summed E-state index contributed by atoms with van der Waals surface area (Å²) in [6, 6.07) is 10.8. The number of nitro groups is 2. The van der Waals surface area contributed by atoms with Crippen molar-refractivity contribution in [3.8, 4) is 11.5 Å². The van der Waals surface area contributed by atoms with Crippen LogP contribution in [0, 0.1) is 20.2 Å². The maximum absolute atomic E-state index is 11.8. The topological polar surface area (TPSA) is 139 Å². The first-order chi connectivity index (χ1) is 12.9. The summed E-state index contributed by atoms with van der Waals surface area (Å²) >= 11 is 0. The normalized spacial score (nSPS) is 10.1. The van der Waals surface area contributed by atoms with E-state index in [1.54, 1.807) is 0 Å². The Balaban J connectivity index is 1.84. The van der Waals surface area contributed by atoms with Crippen LogP contribution in [0.1, 0.15) is 19.3 Å². The van der Waals surface area contributed by atoms with Gasteiger partial charge in [0.1, 0.15) is 0 Å². The number of ether oxygens (including phenoxy) is 2. The van der Waals surface area contributed by atoms with Crippen LogP contribution in [-0.4, -0.2) is 21.8 Å². The molecule has 0 amide bonds. The van der Waals surface area contributed by atoms with Crippen LogP contribution in [0.2, 0.25) is 0 Å². The lowest BCUT2D eigenvalue weighted by atomic mass is 10.2. The van der Waals surface area contributed by atoms with E-state index in [1.807, 2.05) is 0 Å². The lowest BCUT2D eigenvalue weighted by molar-refractivity contribution is -0.385. The number of esters is 2. The highest BCUT2D eigenvalue weighted by molar-refractivity contribution is 5.76. The summed E-state index contributed by atoms with van der Waals surface area (Å²) in [5.41, 5.74) is -0.691. The maximum atomic E-state index is 11.8. The molecule has 2 rings (SSSR count). The minimum atomic E-state index is -0.747. The summed E-state index contributed by atoms with van der Waals surface area (Å²) in [5, 5.41) is 21.7. The van der Waals surface area contributed by atoms with Gasteiger partial charge in [-0.2, -0.15) is 0 Å². The fraction of sp³-hybridized carbons (Fsp3) is 0.176. The molecular weight excluding hydrogens is 360 g/mol. The van der Waals surface area contributed by atoms with E-state index in [2.05, 4.69) is 0 Å². The van der Waals surface area contributed by atoms with Gasteiger partial charge in [-0.1, -0.05) is 24.3 Å². The third-order valence-corrected chi connectivity index (χ3v) is 3.33. The van der Waals surface area contributed by atoms with E-state index in [-0.39, 0.29) is 42.1 Å². The molecule has 0 radical (unpaired) electrons. The van der Waals surface area contributed by atoms with Gasteiger partial charge in [0.2, 0.25) is 11.5 Å². The van der Waals surface area contributed by atoms with Crippen molar-refractivity contribution in [2.24, 2.45) is 0 Å². The number of benzene rings is 2. The highest BCUT2D eigenvalue weighted by Gasteiger charge is 2.19. The van der Waals surface area contributed by atoms with E-state index in [9.17, 15) is 29.8 Å². The Kier molecular flexibility index (Phi) is 6.53. The van der Waals surface area contributed by atoms with Gasteiger partial charge in [0, 0.05) is 25.0 Å². The van der Waals surface area contributed by atoms with Crippen molar-refractivity contribution in [3.63, 3.8) is 0 Å². The smallest absolute Gasteiger partial charge is 0.311 e. The van der Waals surface area contributed by atoms with Crippen molar-refractivity contribution in [2.45, 2.75) is 19.3 Å². The van der Waals surface area contributed by atoms with Crippen molar-refractivity contribution in [1.29, 1.82) is 0 Å². The lowest BCUT2D eigenvalue weighted by Gasteiger charge is -2.06. The van der Waals surface area contributed by atoms with Gasteiger partial charge in [-0.25, -0.2) is 0 Å². The first-order valence-corrected chi connectivity index (χ1v) is 7.76. The quantitative estimate of drug-likeness (QED) is 0.297. The number of para-hydroxylation sites is 4. The van der Waals surface area contributed by atoms with E-state index >= 15 is 0 Å². The second-order valence-corrected chi connectivity index (χ2v) is 5.25. The predicted molar refractivity (Wildman–Crippen MR) is 91.3 cm³/mol. The highest BCUT2D eigenvalue weighted by atomic mass is 16.6. The Labute approximate surface area is 152 Å². The van der Waals surface area contributed by atoms with E-state index in [0.29, 0.717) is 0 Å². The monoisotopic (exact) mass is 374 g/mol. The van der Waals surface area contributed by atoms with Gasteiger partial charge in [0.05, 0.1) is 9.85 Å². The molecule has 0 aliphatic rings. The van der Waals surface area contributed by atoms with E-state index in [4.69, 9.17) is 9.47 Å². The molecule has 0 heterocycles. The van der Waals surface area contributed by atoms with Crippen LogP contribution in [-0.2, 0) is 9.59 Å². The minimum absolute atomic E-state index is 0.0545. The fourth-order valence-electron chi connectivity index (χ4n) is 2.11. The molecule has 0 bridgehead atoms. The third kappa shape index (κ3) is 5.59. The average molecular weight is 374 g/mol. The van der Waals surface area contributed by atoms with Gasteiger partial charge in [-0.3, -0.25) is 29.8 Å². The molecule has 10 nitrogen and oxygen atoms in total. The zero-order valence-corrected chi connectivity index (χ0v) is 13.9. The largest absolute Gasteiger partial charge is 0.419 e. The Morgan fingerprint density at radius 1 is 0.741 bits per heavy atom. The van der Waals surface area contributed by atoms with Crippen molar-refractivity contribution in [2.75, 3.05) is 0 Å². The molecule has 0 fully saturated rings. The summed E-state index contributed by atoms with van der Waals surface area (Å²) in [6.07, 6.45) is -0.311. The summed E-state index contributed by atoms with van der Waals surface area (Å²) in [7, 11) is 0. The molecule has 140 valence electrons. The molecule has 0 saturated carbocycles. The molecule has 0 unspecified atom stereocenters. The Morgan fingerprint density at radius 3 is 1.48 bits per heavy atom. The molecule has 2 aromatic rings. The number of rotatable bonds is 8. The predicted octanol–water partition coefficient (Wildman–Crippen LogP) is 3.18. The van der Waals surface area contributed by atoms with Crippen LogP contribution in [0.5, 0.6) is 11.5 Å². The Hall–Kier alpha value is -3.82. The zero-order valence-electron chi connectivity index (χ0n) is 13.9. The number of carbonyl (C=O) groups is 2. The SMILES string of the molecule is O=C(CCCC(=O)Oc1ccccc1[N+](=O)[O-])Oc1ccccc1[N+](=O)[O-]. The summed E-state index contributed by atoms with van der Waals surface area (Å²) < 4.78 is 9.87. The maximum Gasteiger partial charge on any atom is 0.311 e. The highest BCUT2D eigenvalue weighted by Crippen LogP contribution is 2.27. The molecule has 0 aliphatic carbocycles. The molecule has 0 aromatic heterocycles. The van der Waals surface area contributed by atoms with Gasteiger partial charge in [0.15, 0.2) is 0 Å². The van der Waals surface area contributed by atoms with Crippen LogP contribution in [0.3, 0.4) is 0 Å². The number of carbonyl (C=O) groups excluding carboxylic acids is 2. The van der Waals surface area contributed by atoms with Crippen LogP contribution in [0.25, 0.3) is 0 Å². The summed E-state index contributed by atoms with van der Waals surface area (Å²) in [6.45, 7) is 0. The fourth-order valence-corrected chi connectivity index (χ4v) is 2.11. The van der Waals surface area contributed by atoms with E-state index in [0.717, 1.165) is 0 Å². The standard InChI is InChI=1S/C17H14N2O8/c20-16(26-14-8-3-1-6-12(14)18(22)23)10-5-11-17(21)27-15-9-4-2-7-13(15)19(24)25/h1-4,6-9H,5,10-11H2. The summed E-state index contributed by atoms with van der Waals surface area (Å²) in [5.74, 6) is -1.87. The molecule has 0 atom stereocenters. The van der Waals surface area contributed by atoms with Gasteiger partial charge in [-0.15, -0.1) is 0 Å². The Bertz CT molecular complexity index is 809. The number of nitrogens with zero attached hydrogens (tertiary/aromatic N) is 2. The van der Waals surface area contributed by atoms with Crippen LogP contribution < -0.4 is 9.47 Å². The number of nitro benzene ring substituents is 2. The molecule has 2 aromatic carbocycles. The molecule has 0 spiro atoms. The van der Waals surface area contributed by atoms with Gasteiger partial charge in [-0.05, 0) is 18.6 Å². The molecular formula is C17H14N2O8. The Morgan fingerprint density at radius 2 is 1.11 bits per heavy atom. The lowest BCUT2D eigenvalue weighted by Crippen LogP contribution is -2.12. The number of hydrogen-bond acceptors (Lipinski definition) is 8. The van der Waals surface area contributed by atoms with Crippen LogP contribution in [0.4, 0.5) is 11.4 Å². The summed E-state index contributed by atoms with van der Waals surface area (Å²) in [4.78, 5) is 43.9. The third-order valence-electron chi connectivity index (χ3n) is 3.33. The number of hydrogen-bond donors (Lipinski definition) is 0. The minimum Gasteiger partial charge on any atom is -0.419 e. The average Bonchev–Trinajstić information content (AvgIpc) is 2.62. The second kappa shape index (κ2) is 9.04. The van der Waals surface area contributed by atoms with E-state index < -0.39 is 21.8 Å². The van der Waals surface area contributed by atoms with Crippen LogP contribution in [0.15, 0.2) is 48.5 Å². The van der Waals surface area contributed by atoms with Gasteiger partial charge in [0.25, 0.3) is 0 Å². The van der Waals surface area contributed by atoms with Gasteiger partial charge >= 0.3 is 23.3 Å². The first-order valence-electron chi connectivity index (χ1n) is 7.76. The van der Waals surface area contributed by atoms with Crippen molar-refractivity contribution >= 4 is 23.3 Å². The van der Waals surface area contributed by atoms with Gasteiger partial charge < -0.3 is 9.47 Å². The zero-order chi connectivity index (χ0) is 19.8. The van der Waals surface area contributed by atoms with Crippen molar-refractivity contribution in [1.82, 2.24) is 0 Å². The molecule has 0 aliphatic heterocycles. The molecule has 10 heteroatoms.